The smallest absolute Gasteiger partial charge is 0.400 e. The van der Waals surface area contributed by atoms with E-state index in [2.05, 4.69) is 19.8 Å². The topological polar surface area (TPSA) is 139 Å². The number of benzene rings is 4. The number of nitrogens with zero attached hydrogens (tertiary/aromatic N) is 4. The molecule has 53 heavy (non-hydrogen) atoms. The molecule has 0 atom stereocenters. The van der Waals surface area contributed by atoms with E-state index in [0.717, 1.165) is 99.0 Å². The van der Waals surface area contributed by atoms with Gasteiger partial charge in [0, 0.05) is 38.5 Å². The van der Waals surface area contributed by atoms with Crippen LogP contribution in [0.4, 0.5) is 0 Å². The molecule has 0 unspecified atom stereocenters. The zero-order valence-electron chi connectivity index (χ0n) is 29.7. The van der Waals surface area contributed by atoms with E-state index in [1.807, 2.05) is 97.1 Å². The molecule has 2 saturated heterocycles. The number of likely N-dealkylation sites (tertiary alicyclic amines) is 1. The number of fused-ring (bicyclic) bond motifs is 2. The molecule has 12 heteroatoms. The second kappa shape index (κ2) is 17.9. The van der Waals surface area contributed by atoms with Gasteiger partial charge in [0.1, 0.15) is 41.5 Å². The largest absolute Gasteiger partial charge is 0.492 e. The molecular formula is C41H45N5O7. The Bertz CT molecular complexity index is 1970. The molecule has 6 aromatic rings. The highest BCUT2D eigenvalue weighted by atomic mass is 16.6. The molecule has 2 aromatic heterocycles. The van der Waals surface area contributed by atoms with Gasteiger partial charge in [0.05, 0.1) is 13.2 Å². The van der Waals surface area contributed by atoms with Crippen LogP contribution in [0.2, 0.25) is 0 Å². The van der Waals surface area contributed by atoms with Crippen molar-refractivity contribution in [2.75, 3.05) is 65.7 Å². The van der Waals surface area contributed by atoms with Crippen molar-refractivity contribution in [2.24, 2.45) is 11.7 Å². The summed E-state index contributed by atoms with van der Waals surface area (Å²) >= 11 is 0. The van der Waals surface area contributed by atoms with Crippen molar-refractivity contribution in [3.63, 3.8) is 0 Å². The lowest BCUT2D eigenvalue weighted by Gasteiger charge is -2.30. The summed E-state index contributed by atoms with van der Waals surface area (Å²) in [5, 5.41) is 0. The van der Waals surface area contributed by atoms with Crippen LogP contribution in [-0.2, 0) is 16.0 Å². The highest BCUT2D eigenvalue weighted by molar-refractivity contribution is 5.76. The van der Waals surface area contributed by atoms with Gasteiger partial charge < -0.3 is 33.5 Å². The number of amides is 1. The summed E-state index contributed by atoms with van der Waals surface area (Å²) < 4.78 is 34.0. The number of rotatable bonds is 13. The quantitative estimate of drug-likeness (QED) is 0.143. The highest BCUT2D eigenvalue weighted by Gasteiger charge is 2.22. The maximum atomic E-state index is 11.2. The molecule has 1 amide bonds. The lowest BCUT2D eigenvalue weighted by atomic mass is 9.96. The maximum Gasteiger partial charge on any atom is 0.400 e. The predicted octanol–water partition coefficient (Wildman–Crippen LogP) is 6.33. The molecule has 0 radical (unpaired) electrons. The van der Waals surface area contributed by atoms with Gasteiger partial charge in [-0.1, -0.05) is 36.4 Å². The van der Waals surface area contributed by atoms with Crippen molar-refractivity contribution < 1.29 is 32.6 Å². The Morgan fingerprint density at radius 1 is 0.679 bits per heavy atom. The lowest BCUT2D eigenvalue weighted by Crippen LogP contribution is -2.40. The summed E-state index contributed by atoms with van der Waals surface area (Å²) in [7, 11) is 0. The van der Waals surface area contributed by atoms with Gasteiger partial charge in [-0.05, 0) is 92.2 Å². The molecule has 4 aromatic carbocycles. The minimum Gasteiger partial charge on any atom is -0.492 e. The second-order valence-electron chi connectivity index (χ2n) is 13.1. The van der Waals surface area contributed by atoms with Crippen molar-refractivity contribution in [1.29, 1.82) is 0 Å². The number of aromatic nitrogens is 2. The normalized spacial score (nSPS) is 15.5. The van der Waals surface area contributed by atoms with Crippen LogP contribution in [0.3, 0.4) is 0 Å². The lowest BCUT2D eigenvalue weighted by molar-refractivity contribution is -0.123. The van der Waals surface area contributed by atoms with E-state index in [-0.39, 0.29) is 17.9 Å². The van der Waals surface area contributed by atoms with Gasteiger partial charge >= 0.3 is 6.08 Å². The SMILES string of the molecule is NC(=O)C1CCN(CCOc2ccc(Cc3nc4ccccc4o3)cc2)CC1.c1ccc2oc(Oc3ccc(OCCN4CCOCC4)cc3)nc2c1. The van der Waals surface area contributed by atoms with Crippen LogP contribution < -0.4 is 19.9 Å². The van der Waals surface area contributed by atoms with Crippen molar-refractivity contribution >= 4 is 28.1 Å². The van der Waals surface area contributed by atoms with Gasteiger partial charge in [0.2, 0.25) is 5.91 Å². The summed E-state index contributed by atoms with van der Waals surface area (Å²) in [6, 6.07) is 30.9. The summed E-state index contributed by atoms with van der Waals surface area (Å²) in [5.74, 6) is 2.91. The fraction of sp³-hybridized carbons (Fsp3) is 0.341. The first-order valence-corrected chi connectivity index (χ1v) is 18.2. The number of hydrogen-bond acceptors (Lipinski definition) is 11. The van der Waals surface area contributed by atoms with Crippen LogP contribution in [0.15, 0.2) is 106 Å². The Kier molecular flexibility index (Phi) is 12.1. The third kappa shape index (κ3) is 10.3. The Balaban J connectivity index is 0.000000165. The number of carbonyl (C=O) groups is 1. The Morgan fingerprint density at radius 2 is 1.23 bits per heavy atom. The number of morpholine rings is 1. The van der Waals surface area contributed by atoms with Crippen molar-refractivity contribution in [1.82, 2.24) is 19.8 Å². The first-order valence-electron chi connectivity index (χ1n) is 18.2. The Morgan fingerprint density at radius 3 is 1.83 bits per heavy atom. The highest BCUT2D eigenvalue weighted by Crippen LogP contribution is 2.27. The van der Waals surface area contributed by atoms with E-state index in [0.29, 0.717) is 36.9 Å². The molecule has 2 aliphatic rings. The van der Waals surface area contributed by atoms with Gasteiger partial charge in [0.15, 0.2) is 17.1 Å². The van der Waals surface area contributed by atoms with E-state index in [1.165, 1.54) is 0 Å². The minimum atomic E-state index is -0.172. The second-order valence-corrected chi connectivity index (χ2v) is 13.1. The van der Waals surface area contributed by atoms with Crippen LogP contribution >= 0.6 is 0 Å². The molecule has 2 aliphatic heterocycles. The number of nitrogens with two attached hydrogens (primary N) is 1. The summed E-state index contributed by atoms with van der Waals surface area (Å²) in [6.45, 7) is 8.42. The molecule has 4 heterocycles. The first-order chi connectivity index (χ1) is 26.0. The number of oxazole rings is 2. The molecule has 2 fully saturated rings. The Labute approximate surface area is 308 Å². The number of para-hydroxylation sites is 4. The zero-order chi connectivity index (χ0) is 36.2. The molecule has 0 bridgehead atoms. The monoisotopic (exact) mass is 719 g/mol. The third-order valence-corrected chi connectivity index (χ3v) is 9.37. The molecular weight excluding hydrogens is 674 g/mol. The van der Waals surface area contributed by atoms with E-state index >= 15 is 0 Å². The average molecular weight is 720 g/mol. The first kappa shape index (κ1) is 36.0. The fourth-order valence-electron chi connectivity index (χ4n) is 6.32. The third-order valence-electron chi connectivity index (χ3n) is 9.37. The van der Waals surface area contributed by atoms with E-state index in [9.17, 15) is 4.79 Å². The van der Waals surface area contributed by atoms with Gasteiger partial charge in [-0.15, -0.1) is 0 Å². The molecule has 276 valence electrons. The van der Waals surface area contributed by atoms with E-state index in [4.69, 9.17) is 33.5 Å². The number of piperidine rings is 1. The number of hydrogen-bond donors (Lipinski definition) is 1. The van der Waals surface area contributed by atoms with Gasteiger partial charge in [-0.3, -0.25) is 14.6 Å². The van der Waals surface area contributed by atoms with Crippen LogP contribution in [-0.4, -0.2) is 91.4 Å². The molecule has 0 aliphatic carbocycles. The Hall–Kier alpha value is -5.43. The minimum absolute atomic E-state index is 0.0333. The molecule has 12 nitrogen and oxygen atoms in total. The fourth-order valence-corrected chi connectivity index (χ4v) is 6.32. The molecule has 2 N–H and O–H groups in total. The molecule has 0 saturated carbocycles. The van der Waals surface area contributed by atoms with Crippen LogP contribution in [0.1, 0.15) is 24.3 Å². The van der Waals surface area contributed by atoms with E-state index in [1.54, 1.807) is 0 Å². The molecule has 0 spiro atoms. The van der Waals surface area contributed by atoms with Gasteiger partial charge in [0.25, 0.3) is 0 Å². The zero-order valence-corrected chi connectivity index (χ0v) is 29.7. The number of carbonyl (C=O) groups excluding carboxylic acids is 1. The maximum absolute atomic E-state index is 11.2. The van der Waals surface area contributed by atoms with Gasteiger partial charge in [-0.25, -0.2) is 4.98 Å². The van der Waals surface area contributed by atoms with Crippen molar-refractivity contribution in [2.45, 2.75) is 19.3 Å². The van der Waals surface area contributed by atoms with Crippen LogP contribution in [0.5, 0.6) is 23.3 Å². The van der Waals surface area contributed by atoms with Crippen LogP contribution in [0.25, 0.3) is 22.2 Å². The average Bonchev–Trinajstić information content (AvgIpc) is 3.80. The standard InChI is InChI=1S/C22H25N3O3.C19H20N2O4/c23-22(26)17-9-11-25(12-10-17)13-14-27-18-7-5-16(6-8-18)15-21-24-19-3-1-2-4-20(19)28-21;1-2-4-18-17(3-1)20-19(25-18)24-16-7-5-15(6-8-16)23-14-11-21-9-12-22-13-10-21/h1-8,17H,9-15H2,(H2,23,26);1-8H,9-14H2. The van der Waals surface area contributed by atoms with Crippen molar-refractivity contribution in [3.8, 4) is 23.3 Å². The van der Waals surface area contributed by atoms with E-state index < -0.39 is 0 Å². The molecule has 8 rings (SSSR count). The predicted molar refractivity (Wildman–Crippen MR) is 200 cm³/mol. The van der Waals surface area contributed by atoms with Crippen molar-refractivity contribution in [3.05, 3.63) is 109 Å². The number of ether oxygens (including phenoxy) is 4. The van der Waals surface area contributed by atoms with Gasteiger partial charge in [-0.2, -0.15) is 4.98 Å². The summed E-state index contributed by atoms with van der Waals surface area (Å²) in [4.78, 5) is 24.7. The summed E-state index contributed by atoms with van der Waals surface area (Å²) in [6.07, 6.45) is 2.59. The number of primary amides is 1. The summed E-state index contributed by atoms with van der Waals surface area (Å²) in [5.41, 5.74) is 9.70. The van der Waals surface area contributed by atoms with Crippen LogP contribution in [0, 0.1) is 5.92 Å².